The van der Waals surface area contributed by atoms with Gasteiger partial charge in [-0.15, -0.1) is 0 Å². The third-order valence-corrected chi connectivity index (χ3v) is 9.71. The van der Waals surface area contributed by atoms with Crippen LogP contribution in [0.25, 0.3) is 0 Å². The van der Waals surface area contributed by atoms with Crippen LogP contribution in [0.4, 0.5) is 4.79 Å². The predicted octanol–water partition coefficient (Wildman–Crippen LogP) is 4.44. The molecule has 160 valence electrons. The van der Waals surface area contributed by atoms with E-state index in [-0.39, 0.29) is 17.2 Å². The van der Waals surface area contributed by atoms with Crippen LogP contribution in [0.3, 0.4) is 0 Å². The van der Waals surface area contributed by atoms with Gasteiger partial charge in [0.1, 0.15) is 5.60 Å². The van der Waals surface area contributed by atoms with Gasteiger partial charge in [0.2, 0.25) is 0 Å². The van der Waals surface area contributed by atoms with Crippen molar-refractivity contribution in [1.29, 1.82) is 0 Å². The van der Waals surface area contributed by atoms with Gasteiger partial charge in [0, 0.05) is 13.1 Å². The number of hydrogen-bond acceptors (Lipinski definition) is 5. The summed E-state index contributed by atoms with van der Waals surface area (Å²) in [4.78, 5) is 13.8. The number of likely N-dealkylation sites (tertiary alicyclic amines) is 1. The second-order valence-corrected chi connectivity index (χ2v) is 14.6. The molecular formula is C20H41NO5Si. The van der Waals surface area contributed by atoms with Crippen LogP contribution in [0.15, 0.2) is 0 Å². The Labute approximate surface area is 167 Å². The number of amides is 1. The summed E-state index contributed by atoms with van der Waals surface area (Å²) in [5.41, 5.74) is -0.448. The second kappa shape index (κ2) is 10.2. The first-order valence-corrected chi connectivity index (χ1v) is 13.0. The lowest BCUT2D eigenvalue weighted by Crippen LogP contribution is -2.43. The molecule has 1 amide bonds. The zero-order valence-electron chi connectivity index (χ0n) is 18.7. The fourth-order valence-corrected chi connectivity index (χ4v) is 3.51. The quantitative estimate of drug-likeness (QED) is 0.443. The summed E-state index contributed by atoms with van der Waals surface area (Å²) in [5, 5.41) is 0.226. The highest BCUT2D eigenvalue weighted by atomic mass is 28.4. The Balaban J connectivity index is 2.09. The van der Waals surface area contributed by atoms with Gasteiger partial charge in [-0.05, 0) is 51.7 Å². The average molecular weight is 404 g/mol. The molecule has 27 heavy (non-hydrogen) atoms. The number of piperidine rings is 1. The van der Waals surface area contributed by atoms with Crippen molar-refractivity contribution in [2.45, 2.75) is 84.2 Å². The van der Waals surface area contributed by atoms with E-state index in [1.54, 1.807) is 4.90 Å². The molecule has 6 nitrogen and oxygen atoms in total. The summed E-state index contributed by atoms with van der Waals surface area (Å²) < 4.78 is 23.0. The summed E-state index contributed by atoms with van der Waals surface area (Å²) in [6, 6.07) is 0. The summed E-state index contributed by atoms with van der Waals surface area (Å²) in [7, 11) is -1.68. The molecular weight excluding hydrogens is 362 g/mol. The number of carbonyl (C=O) groups excluding carboxylic acids is 1. The Morgan fingerprint density at radius 2 is 1.52 bits per heavy atom. The van der Waals surface area contributed by atoms with Crippen LogP contribution in [-0.4, -0.2) is 70.5 Å². The molecule has 0 aliphatic carbocycles. The van der Waals surface area contributed by atoms with Gasteiger partial charge in [-0.3, -0.25) is 0 Å². The first-order chi connectivity index (χ1) is 12.3. The van der Waals surface area contributed by atoms with Gasteiger partial charge in [-0.2, -0.15) is 0 Å². The maximum atomic E-state index is 12.0. The normalized spacial score (nSPS) is 17.3. The molecule has 1 rings (SSSR count). The largest absolute Gasteiger partial charge is 0.444 e. The van der Waals surface area contributed by atoms with Gasteiger partial charge in [0.25, 0.3) is 0 Å². The molecule has 0 atom stereocenters. The highest BCUT2D eigenvalue weighted by Crippen LogP contribution is 2.36. The molecule has 1 aliphatic heterocycles. The van der Waals surface area contributed by atoms with Crippen LogP contribution in [0.1, 0.15) is 54.4 Å². The summed E-state index contributed by atoms with van der Waals surface area (Å²) in [5.74, 6) is 0. The number of nitrogens with zero attached hydrogens (tertiary/aromatic N) is 1. The third-order valence-electron chi connectivity index (χ3n) is 5.17. The van der Waals surface area contributed by atoms with Gasteiger partial charge in [0.05, 0.1) is 32.5 Å². The predicted molar refractivity (Wildman–Crippen MR) is 111 cm³/mol. The van der Waals surface area contributed by atoms with Crippen molar-refractivity contribution in [3.05, 3.63) is 0 Å². The van der Waals surface area contributed by atoms with Crippen LogP contribution in [0.5, 0.6) is 0 Å². The minimum absolute atomic E-state index is 0.191. The Kier molecular flexibility index (Phi) is 9.25. The number of rotatable bonds is 8. The van der Waals surface area contributed by atoms with Gasteiger partial charge in [-0.1, -0.05) is 20.8 Å². The lowest BCUT2D eigenvalue weighted by atomic mass is 10.1. The first kappa shape index (κ1) is 24.4. The lowest BCUT2D eigenvalue weighted by Gasteiger charge is -2.36. The molecule has 7 heteroatoms. The van der Waals surface area contributed by atoms with E-state index in [1.807, 2.05) is 20.8 Å². The van der Waals surface area contributed by atoms with E-state index in [0.717, 1.165) is 12.8 Å². The zero-order valence-corrected chi connectivity index (χ0v) is 19.7. The van der Waals surface area contributed by atoms with Crippen molar-refractivity contribution in [2.75, 3.05) is 39.5 Å². The van der Waals surface area contributed by atoms with Crippen molar-refractivity contribution >= 4 is 14.4 Å². The molecule has 0 unspecified atom stereocenters. The minimum atomic E-state index is -1.68. The molecule has 0 N–H and O–H groups in total. The molecule has 0 aromatic carbocycles. The molecule has 0 spiro atoms. The molecule has 0 bridgehead atoms. The fraction of sp³-hybridized carbons (Fsp3) is 0.950. The van der Waals surface area contributed by atoms with Crippen LogP contribution in [-0.2, 0) is 18.6 Å². The maximum absolute atomic E-state index is 12.0. The van der Waals surface area contributed by atoms with Crippen LogP contribution in [0, 0.1) is 0 Å². The van der Waals surface area contributed by atoms with E-state index in [9.17, 15) is 4.79 Å². The Morgan fingerprint density at radius 1 is 0.963 bits per heavy atom. The van der Waals surface area contributed by atoms with Crippen LogP contribution in [0.2, 0.25) is 18.1 Å². The minimum Gasteiger partial charge on any atom is -0.444 e. The van der Waals surface area contributed by atoms with E-state index in [4.69, 9.17) is 18.6 Å². The average Bonchev–Trinajstić information content (AvgIpc) is 2.51. The summed E-state index contributed by atoms with van der Waals surface area (Å²) in [6.45, 7) is 20.6. The monoisotopic (exact) mass is 403 g/mol. The SMILES string of the molecule is CC(C)(C)OC(=O)N1CCC(OCCOCCO[Si](C)(C)C(C)(C)C)CC1. The van der Waals surface area contributed by atoms with Gasteiger partial charge in [0.15, 0.2) is 8.32 Å². The van der Waals surface area contributed by atoms with E-state index in [2.05, 4.69) is 33.9 Å². The van der Waals surface area contributed by atoms with Crippen molar-refractivity contribution < 1.29 is 23.4 Å². The molecule has 0 saturated carbocycles. The molecule has 0 aromatic rings. The van der Waals surface area contributed by atoms with E-state index in [1.165, 1.54) is 0 Å². The highest BCUT2D eigenvalue weighted by Gasteiger charge is 2.36. The van der Waals surface area contributed by atoms with E-state index in [0.29, 0.717) is 39.5 Å². The topological polar surface area (TPSA) is 57.2 Å². The Bertz CT molecular complexity index is 448. The van der Waals surface area contributed by atoms with Crippen molar-refractivity contribution in [3.63, 3.8) is 0 Å². The van der Waals surface area contributed by atoms with E-state index >= 15 is 0 Å². The third kappa shape index (κ3) is 9.41. The Morgan fingerprint density at radius 3 is 2.04 bits per heavy atom. The standard InChI is InChI=1S/C20H41NO5Si/c1-19(2,3)26-18(22)21-11-9-17(10-12-21)24-15-13-23-14-16-25-27(7,8)20(4,5)6/h17H,9-16H2,1-8H3. The highest BCUT2D eigenvalue weighted by molar-refractivity contribution is 6.74. The lowest BCUT2D eigenvalue weighted by molar-refractivity contribution is -0.0317. The zero-order chi connectivity index (χ0) is 20.7. The molecule has 1 saturated heterocycles. The first-order valence-electron chi connectivity index (χ1n) is 10.1. The van der Waals surface area contributed by atoms with Gasteiger partial charge >= 0.3 is 6.09 Å². The molecule has 1 heterocycles. The smallest absolute Gasteiger partial charge is 0.410 e. The van der Waals surface area contributed by atoms with Crippen LogP contribution < -0.4 is 0 Å². The molecule has 0 aromatic heterocycles. The van der Waals surface area contributed by atoms with Gasteiger partial charge < -0.3 is 23.5 Å². The summed E-state index contributed by atoms with van der Waals surface area (Å²) in [6.07, 6.45) is 1.64. The van der Waals surface area contributed by atoms with Crippen LogP contribution >= 0.6 is 0 Å². The van der Waals surface area contributed by atoms with E-state index < -0.39 is 13.9 Å². The van der Waals surface area contributed by atoms with Gasteiger partial charge in [-0.25, -0.2) is 4.79 Å². The summed E-state index contributed by atoms with van der Waals surface area (Å²) >= 11 is 0. The maximum Gasteiger partial charge on any atom is 0.410 e. The number of hydrogen-bond donors (Lipinski definition) is 0. The molecule has 1 aliphatic rings. The number of carbonyl (C=O) groups is 1. The Hall–Kier alpha value is -0.633. The van der Waals surface area contributed by atoms with Crippen molar-refractivity contribution in [1.82, 2.24) is 4.90 Å². The van der Waals surface area contributed by atoms with Crippen molar-refractivity contribution in [2.24, 2.45) is 0 Å². The number of ether oxygens (including phenoxy) is 3. The second-order valence-electron chi connectivity index (χ2n) is 9.76. The van der Waals surface area contributed by atoms with Crippen molar-refractivity contribution in [3.8, 4) is 0 Å². The molecule has 0 radical (unpaired) electrons. The fourth-order valence-electron chi connectivity index (χ4n) is 2.48. The molecule has 1 fully saturated rings.